The van der Waals surface area contributed by atoms with Crippen molar-refractivity contribution in [2.75, 3.05) is 11.1 Å². The highest BCUT2D eigenvalue weighted by Crippen LogP contribution is 2.18. The van der Waals surface area contributed by atoms with E-state index in [0.29, 0.717) is 11.4 Å². The Morgan fingerprint density at radius 3 is 2.43 bits per heavy atom. The molecule has 0 fully saturated rings. The summed E-state index contributed by atoms with van der Waals surface area (Å²) in [6.45, 7) is 2.02. The van der Waals surface area contributed by atoms with Crippen LogP contribution in [0.4, 0.5) is 5.69 Å². The van der Waals surface area contributed by atoms with Gasteiger partial charge in [-0.25, -0.2) is 0 Å². The minimum absolute atomic E-state index is 0.0874. The highest BCUT2D eigenvalue weighted by atomic mass is 32.2. The van der Waals surface area contributed by atoms with Crippen LogP contribution in [-0.2, 0) is 4.79 Å². The number of hydrogen-bond acceptors (Lipinski definition) is 4. The molecule has 0 aliphatic rings. The minimum atomic E-state index is -0.400. The van der Waals surface area contributed by atoms with Crippen molar-refractivity contribution in [3.63, 3.8) is 0 Å². The molecule has 2 N–H and O–H groups in total. The van der Waals surface area contributed by atoms with Gasteiger partial charge in [-0.2, -0.15) is 0 Å². The van der Waals surface area contributed by atoms with Crippen LogP contribution in [0.5, 0.6) is 0 Å². The molecule has 108 valence electrons. The average molecular weight is 300 g/mol. The third-order valence-corrected chi connectivity index (χ3v) is 3.83. The number of carbonyl (C=O) groups excluding carboxylic acids is 1. The van der Waals surface area contributed by atoms with Crippen LogP contribution in [0, 0.1) is 6.92 Å². The summed E-state index contributed by atoms with van der Waals surface area (Å²) in [4.78, 5) is 13.0. The number of aryl methyl sites for hydroxylation is 1. The lowest BCUT2D eigenvalue weighted by Gasteiger charge is -2.06. The second-order valence-corrected chi connectivity index (χ2v) is 5.52. The fraction of sp³-hybridized carbons (Fsp3) is 0.125. The molecule has 0 atom stereocenters. The molecule has 2 aromatic rings. The number of carbonyl (C=O) groups is 1. The van der Waals surface area contributed by atoms with Crippen molar-refractivity contribution in [2.45, 2.75) is 11.8 Å². The zero-order valence-corrected chi connectivity index (χ0v) is 12.4. The number of rotatable bonds is 5. The second kappa shape index (κ2) is 7.50. The first-order valence-corrected chi connectivity index (χ1v) is 7.44. The Hall–Kier alpha value is -2.27. The van der Waals surface area contributed by atoms with E-state index in [4.69, 9.17) is 5.21 Å². The average Bonchev–Trinajstić information content (AvgIpc) is 2.51. The van der Waals surface area contributed by atoms with E-state index in [1.54, 1.807) is 12.1 Å². The molecule has 0 bridgehead atoms. The van der Waals surface area contributed by atoms with E-state index in [1.807, 2.05) is 49.4 Å². The molecule has 2 rings (SSSR count). The quantitative estimate of drug-likeness (QED) is 0.384. The lowest BCUT2D eigenvalue weighted by Crippen LogP contribution is -2.24. The molecule has 0 saturated carbocycles. The van der Waals surface area contributed by atoms with E-state index < -0.39 is 5.91 Å². The summed E-state index contributed by atoms with van der Waals surface area (Å²) in [5, 5.41) is 14.8. The van der Waals surface area contributed by atoms with Crippen molar-refractivity contribution in [3.8, 4) is 0 Å². The number of nitrogens with zero attached hydrogens (tertiary/aromatic N) is 1. The zero-order valence-electron chi connectivity index (χ0n) is 11.6. The van der Waals surface area contributed by atoms with Crippen LogP contribution >= 0.6 is 11.8 Å². The fourth-order valence-electron chi connectivity index (χ4n) is 1.65. The number of hydrogen-bond donors (Lipinski definition) is 2. The Labute approximate surface area is 127 Å². The lowest BCUT2D eigenvalue weighted by molar-refractivity contribution is -0.110. The molecule has 0 aliphatic carbocycles. The Bertz CT molecular complexity index is 624. The highest BCUT2D eigenvalue weighted by Gasteiger charge is 2.13. The molecular formula is C16H16N2O2S. The minimum Gasteiger partial charge on any atom is -0.410 e. The molecule has 0 spiro atoms. The van der Waals surface area contributed by atoms with Gasteiger partial charge >= 0.3 is 0 Å². The summed E-state index contributed by atoms with van der Waals surface area (Å²) in [5.41, 5.74) is 1.94. The van der Waals surface area contributed by atoms with E-state index in [2.05, 4.69) is 10.5 Å². The molecule has 0 aromatic heterocycles. The molecule has 0 radical (unpaired) electrons. The van der Waals surface area contributed by atoms with Crippen molar-refractivity contribution in [1.29, 1.82) is 0 Å². The molecule has 0 heterocycles. The normalized spacial score (nSPS) is 11.2. The Kier molecular flexibility index (Phi) is 5.40. The van der Waals surface area contributed by atoms with Gasteiger partial charge in [-0.15, -0.1) is 11.8 Å². The van der Waals surface area contributed by atoms with Gasteiger partial charge in [-0.3, -0.25) is 4.79 Å². The SMILES string of the molecule is Cc1ccc(SCC(=NO)C(=O)Nc2ccccc2)cc1. The summed E-state index contributed by atoms with van der Waals surface area (Å²) in [7, 11) is 0. The maximum absolute atomic E-state index is 12.0. The largest absolute Gasteiger partial charge is 0.410 e. The summed E-state index contributed by atoms with van der Waals surface area (Å²) >= 11 is 1.45. The molecular weight excluding hydrogens is 284 g/mol. The van der Waals surface area contributed by atoms with Gasteiger partial charge in [-0.05, 0) is 31.2 Å². The molecule has 21 heavy (non-hydrogen) atoms. The van der Waals surface area contributed by atoms with Gasteiger partial charge < -0.3 is 10.5 Å². The van der Waals surface area contributed by atoms with Gasteiger partial charge in [0.15, 0.2) is 5.71 Å². The van der Waals surface area contributed by atoms with E-state index in [1.165, 1.54) is 17.3 Å². The van der Waals surface area contributed by atoms with E-state index >= 15 is 0 Å². The van der Waals surface area contributed by atoms with Crippen LogP contribution in [0.25, 0.3) is 0 Å². The Morgan fingerprint density at radius 1 is 1.14 bits per heavy atom. The number of oxime groups is 1. The fourth-order valence-corrected chi connectivity index (χ4v) is 2.47. The monoisotopic (exact) mass is 300 g/mol. The first-order chi connectivity index (χ1) is 10.2. The Balaban J connectivity index is 1.94. The van der Waals surface area contributed by atoms with Gasteiger partial charge in [0.2, 0.25) is 0 Å². The van der Waals surface area contributed by atoms with Gasteiger partial charge in [0.25, 0.3) is 5.91 Å². The molecule has 0 aliphatic heterocycles. The number of amides is 1. The summed E-state index contributed by atoms with van der Waals surface area (Å²) in [6, 6.07) is 17.0. The third-order valence-electron chi connectivity index (χ3n) is 2.81. The third kappa shape index (κ3) is 4.65. The second-order valence-electron chi connectivity index (χ2n) is 4.47. The summed E-state index contributed by atoms with van der Waals surface area (Å²) in [6.07, 6.45) is 0. The molecule has 5 heteroatoms. The van der Waals surface area contributed by atoms with Crippen LogP contribution < -0.4 is 5.32 Å². The van der Waals surface area contributed by atoms with Gasteiger partial charge in [0.05, 0.1) is 0 Å². The van der Waals surface area contributed by atoms with Crippen LogP contribution in [0.15, 0.2) is 64.6 Å². The smallest absolute Gasteiger partial charge is 0.274 e. The Morgan fingerprint density at radius 2 is 1.81 bits per heavy atom. The predicted molar refractivity (Wildman–Crippen MR) is 86.2 cm³/mol. The molecule has 0 unspecified atom stereocenters. The summed E-state index contributed by atoms with van der Waals surface area (Å²) in [5.74, 6) is -0.0959. The molecule has 4 nitrogen and oxygen atoms in total. The van der Waals surface area contributed by atoms with Crippen LogP contribution in [0.3, 0.4) is 0 Å². The first kappa shape index (κ1) is 15.1. The topological polar surface area (TPSA) is 61.7 Å². The number of nitrogens with one attached hydrogen (secondary N) is 1. The zero-order chi connectivity index (χ0) is 15.1. The number of benzene rings is 2. The van der Waals surface area contributed by atoms with Crippen LogP contribution in [0.1, 0.15) is 5.56 Å². The van der Waals surface area contributed by atoms with Crippen molar-refractivity contribution < 1.29 is 10.0 Å². The van der Waals surface area contributed by atoms with E-state index in [0.717, 1.165) is 4.90 Å². The lowest BCUT2D eigenvalue weighted by atomic mass is 10.2. The van der Waals surface area contributed by atoms with Crippen molar-refractivity contribution in [1.82, 2.24) is 0 Å². The van der Waals surface area contributed by atoms with Gasteiger partial charge in [0, 0.05) is 16.3 Å². The summed E-state index contributed by atoms with van der Waals surface area (Å²) < 4.78 is 0. The van der Waals surface area contributed by atoms with E-state index in [-0.39, 0.29) is 5.71 Å². The first-order valence-electron chi connectivity index (χ1n) is 6.46. The van der Waals surface area contributed by atoms with Gasteiger partial charge in [-0.1, -0.05) is 41.1 Å². The van der Waals surface area contributed by atoms with Gasteiger partial charge in [0.1, 0.15) is 0 Å². The van der Waals surface area contributed by atoms with Crippen molar-refractivity contribution in [3.05, 3.63) is 60.2 Å². The van der Waals surface area contributed by atoms with Crippen molar-refractivity contribution >= 4 is 29.1 Å². The predicted octanol–water partition coefficient (Wildman–Crippen LogP) is 3.56. The maximum Gasteiger partial charge on any atom is 0.274 e. The number of anilines is 1. The molecule has 0 saturated heterocycles. The van der Waals surface area contributed by atoms with Crippen molar-refractivity contribution in [2.24, 2.45) is 5.16 Å². The molecule has 2 aromatic carbocycles. The van der Waals surface area contributed by atoms with Crippen LogP contribution in [-0.4, -0.2) is 22.6 Å². The van der Waals surface area contributed by atoms with E-state index in [9.17, 15) is 4.79 Å². The number of thioether (sulfide) groups is 1. The molecule has 1 amide bonds. The number of para-hydroxylation sites is 1. The highest BCUT2D eigenvalue weighted by molar-refractivity contribution is 8.00. The van der Waals surface area contributed by atoms with Crippen LogP contribution in [0.2, 0.25) is 0 Å². The maximum atomic E-state index is 12.0. The standard InChI is InChI=1S/C16H16N2O2S/c1-12-7-9-14(10-8-12)21-11-15(18-20)16(19)17-13-5-3-2-4-6-13/h2-10,20H,11H2,1H3,(H,17,19).